The van der Waals surface area contributed by atoms with E-state index in [0.29, 0.717) is 31.4 Å². The number of rotatable bonds is 6. The SMILES string of the molecule is CCNC(=O)[C@@H]1C[C@@H](NC(=O)Cn2nc(C)cc2N)CN1C1CCOCC1. The Morgan fingerprint density at radius 1 is 1.37 bits per heavy atom. The average Bonchev–Trinajstić information content (AvgIpc) is 3.19. The molecule has 2 fully saturated rings. The molecule has 0 aromatic carbocycles. The van der Waals surface area contributed by atoms with E-state index < -0.39 is 0 Å². The Labute approximate surface area is 159 Å². The number of hydrogen-bond acceptors (Lipinski definition) is 6. The Morgan fingerprint density at radius 2 is 2.11 bits per heavy atom. The van der Waals surface area contributed by atoms with Gasteiger partial charge in [0.25, 0.3) is 0 Å². The van der Waals surface area contributed by atoms with Gasteiger partial charge in [0.15, 0.2) is 0 Å². The summed E-state index contributed by atoms with van der Waals surface area (Å²) < 4.78 is 6.95. The fourth-order valence-corrected chi connectivity index (χ4v) is 4.04. The first-order valence-electron chi connectivity index (χ1n) is 9.68. The third-order valence-corrected chi connectivity index (χ3v) is 5.24. The molecule has 27 heavy (non-hydrogen) atoms. The second-order valence-electron chi connectivity index (χ2n) is 7.32. The molecule has 1 aromatic rings. The van der Waals surface area contributed by atoms with Crippen molar-refractivity contribution in [2.75, 3.05) is 32.0 Å². The predicted octanol–water partition coefficient (Wildman–Crippen LogP) is -0.352. The monoisotopic (exact) mass is 378 g/mol. The van der Waals surface area contributed by atoms with Gasteiger partial charge in [-0.2, -0.15) is 5.10 Å². The molecule has 0 unspecified atom stereocenters. The van der Waals surface area contributed by atoms with Crippen LogP contribution in [0.1, 0.15) is 31.9 Å². The molecule has 2 aliphatic heterocycles. The average molecular weight is 378 g/mol. The maximum atomic E-state index is 12.5. The summed E-state index contributed by atoms with van der Waals surface area (Å²) >= 11 is 0. The normalized spacial score (nSPS) is 24.1. The number of hydrogen-bond donors (Lipinski definition) is 3. The minimum absolute atomic E-state index is 0.0349. The zero-order valence-corrected chi connectivity index (χ0v) is 16.1. The lowest BCUT2D eigenvalue weighted by atomic mass is 10.1. The molecular formula is C18H30N6O3. The van der Waals surface area contributed by atoms with Crippen LogP contribution in [0.3, 0.4) is 0 Å². The van der Waals surface area contributed by atoms with Crippen molar-refractivity contribution in [2.24, 2.45) is 0 Å². The van der Waals surface area contributed by atoms with E-state index in [1.165, 1.54) is 4.68 Å². The summed E-state index contributed by atoms with van der Waals surface area (Å²) in [4.78, 5) is 27.2. The van der Waals surface area contributed by atoms with E-state index in [2.05, 4.69) is 20.6 Å². The van der Waals surface area contributed by atoms with Crippen molar-refractivity contribution in [2.45, 2.75) is 57.8 Å². The van der Waals surface area contributed by atoms with Gasteiger partial charge >= 0.3 is 0 Å². The first-order chi connectivity index (χ1) is 13.0. The Hall–Kier alpha value is -2.13. The van der Waals surface area contributed by atoms with Crippen molar-refractivity contribution in [3.63, 3.8) is 0 Å². The lowest BCUT2D eigenvalue weighted by molar-refractivity contribution is -0.127. The number of anilines is 1. The minimum atomic E-state index is -0.213. The van der Waals surface area contributed by atoms with Crippen LogP contribution >= 0.6 is 0 Å². The van der Waals surface area contributed by atoms with E-state index in [1.807, 2.05) is 13.8 Å². The fourth-order valence-electron chi connectivity index (χ4n) is 4.04. The fraction of sp³-hybridized carbons (Fsp3) is 0.722. The summed E-state index contributed by atoms with van der Waals surface area (Å²) in [5.41, 5.74) is 6.64. The molecule has 2 saturated heterocycles. The number of amides is 2. The van der Waals surface area contributed by atoms with Gasteiger partial charge in [0.05, 0.1) is 11.7 Å². The molecule has 9 heteroatoms. The Balaban J connectivity index is 1.62. The standard InChI is InChI=1S/C18H30N6O3/c1-3-20-18(26)15-9-13(10-23(15)14-4-6-27-7-5-14)21-17(25)11-24-16(19)8-12(2)22-24/h8,13-15H,3-7,9-11,19H2,1-2H3,(H,20,26)(H,21,25)/t13-,15+/m1/s1. The highest BCUT2D eigenvalue weighted by Crippen LogP contribution is 2.26. The number of carbonyl (C=O) groups excluding carboxylic acids is 2. The highest BCUT2D eigenvalue weighted by Gasteiger charge is 2.41. The van der Waals surface area contributed by atoms with E-state index in [0.717, 1.165) is 31.7 Å². The number of likely N-dealkylation sites (N-methyl/N-ethyl adjacent to an activating group) is 1. The second kappa shape index (κ2) is 8.71. The van der Waals surface area contributed by atoms with Gasteiger partial charge in [0.2, 0.25) is 11.8 Å². The Bertz CT molecular complexity index is 670. The molecule has 0 saturated carbocycles. The van der Waals surface area contributed by atoms with Crippen LogP contribution < -0.4 is 16.4 Å². The third-order valence-electron chi connectivity index (χ3n) is 5.24. The highest BCUT2D eigenvalue weighted by atomic mass is 16.5. The molecule has 0 bridgehead atoms. The smallest absolute Gasteiger partial charge is 0.242 e. The van der Waals surface area contributed by atoms with Gasteiger partial charge in [-0.3, -0.25) is 14.5 Å². The zero-order chi connectivity index (χ0) is 19.4. The number of nitrogens with two attached hydrogens (primary N) is 1. The lowest BCUT2D eigenvalue weighted by Gasteiger charge is -2.34. The molecule has 4 N–H and O–H groups in total. The topological polar surface area (TPSA) is 115 Å². The molecule has 3 rings (SSSR count). The number of carbonyl (C=O) groups is 2. The van der Waals surface area contributed by atoms with E-state index in [-0.39, 0.29) is 30.4 Å². The van der Waals surface area contributed by atoms with Gasteiger partial charge in [-0.25, -0.2) is 4.68 Å². The maximum absolute atomic E-state index is 12.5. The molecule has 9 nitrogen and oxygen atoms in total. The van der Waals surface area contributed by atoms with E-state index in [1.54, 1.807) is 6.07 Å². The van der Waals surface area contributed by atoms with Crippen LogP contribution in [-0.2, 0) is 20.9 Å². The van der Waals surface area contributed by atoms with Gasteiger partial charge in [0.1, 0.15) is 12.4 Å². The minimum Gasteiger partial charge on any atom is -0.384 e. The van der Waals surface area contributed by atoms with Crippen molar-refractivity contribution in [1.82, 2.24) is 25.3 Å². The van der Waals surface area contributed by atoms with Gasteiger partial charge in [-0.05, 0) is 33.1 Å². The second-order valence-corrected chi connectivity index (χ2v) is 7.32. The predicted molar refractivity (Wildman–Crippen MR) is 101 cm³/mol. The van der Waals surface area contributed by atoms with E-state index in [4.69, 9.17) is 10.5 Å². The summed E-state index contributed by atoms with van der Waals surface area (Å²) in [6, 6.07) is 1.78. The van der Waals surface area contributed by atoms with E-state index >= 15 is 0 Å². The molecule has 150 valence electrons. The van der Waals surface area contributed by atoms with Crippen molar-refractivity contribution >= 4 is 17.6 Å². The van der Waals surface area contributed by atoms with Gasteiger partial charge in [0, 0.05) is 44.5 Å². The number of aromatic nitrogens is 2. The number of aryl methyl sites for hydroxylation is 1. The van der Waals surface area contributed by atoms with Crippen LogP contribution in [0.4, 0.5) is 5.82 Å². The summed E-state index contributed by atoms with van der Waals surface area (Å²) in [6.07, 6.45) is 2.45. The van der Waals surface area contributed by atoms with Crippen molar-refractivity contribution in [3.8, 4) is 0 Å². The number of ether oxygens (including phenoxy) is 1. The van der Waals surface area contributed by atoms with Crippen LogP contribution in [0.2, 0.25) is 0 Å². The van der Waals surface area contributed by atoms with Crippen molar-refractivity contribution < 1.29 is 14.3 Å². The van der Waals surface area contributed by atoms with E-state index in [9.17, 15) is 9.59 Å². The summed E-state index contributed by atoms with van der Waals surface area (Å²) in [6.45, 7) is 6.55. The molecule has 3 heterocycles. The van der Waals surface area contributed by atoms with Crippen LogP contribution in [0.15, 0.2) is 6.07 Å². The van der Waals surface area contributed by atoms with Crippen LogP contribution in [0.5, 0.6) is 0 Å². The molecule has 2 atom stereocenters. The summed E-state index contributed by atoms with van der Waals surface area (Å²) in [5, 5.41) is 10.2. The summed E-state index contributed by atoms with van der Waals surface area (Å²) in [7, 11) is 0. The molecule has 0 radical (unpaired) electrons. The van der Waals surface area contributed by atoms with Gasteiger partial charge < -0.3 is 21.1 Å². The maximum Gasteiger partial charge on any atom is 0.242 e. The molecule has 0 spiro atoms. The molecular weight excluding hydrogens is 348 g/mol. The number of nitrogens with zero attached hydrogens (tertiary/aromatic N) is 3. The van der Waals surface area contributed by atoms with Crippen LogP contribution in [0, 0.1) is 6.92 Å². The zero-order valence-electron chi connectivity index (χ0n) is 16.1. The van der Waals surface area contributed by atoms with Crippen molar-refractivity contribution in [1.29, 1.82) is 0 Å². The molecule has 2 aliphatic rings. The van der Waals surface area contributed by atoms with Crippen LogP contribution in [-0.4, -0.2) is 70.9 Å². The molecule has 0 aliphatic carbocycles. The van der Waals surface area contributed by atoms with Crippen LogP contribution in [0.25, 0.3) is 0 Å². The number of nitrogens with one attached hydrogen (secondary N) is 2. The first kappa shape index (κ1) is 19.6. The highest BCUT2D eigenvalue weighted by molar-refractivity contribution is 5.82. The van der Waals surface area contributed by atoms with Gasteiger partial charge in [-0.1, -0.05) is 0 Å². The lowest BCUT2D eigenvalue weighted by Crippen LogP contribution is -2.49. The summed E-state index contributed by atoms with van der Waals surface area (Å²) in [5.74, 6) is 0.365. The number of nitrogen functional groups attached to an aromatic ring is 1. The largest absolute Gasteiger partial charge is 0.384 e. The molecule has 2 amide bonds. The van der Waals surface area contributed by atoms with Gasteiger partial charge in [-0.15, -0.1) is 0 Å². The first-order valence-corrected chi connectivity index (χ1v) is 9.68. The van der Waals surface area contributed by atoms with Crippen molar-refractivity contribution in [3.05, 3.63) is 11.8 Å². The number of likely N-dealkylation sites (tertiary alicyclic amines) is 1. The Morgan fingerprint density at radius 3 is 2.74 bits per heavy atom. The quantitative estimate of drug-likeness (QED) is 0.623. The Kier molecular flexibility index (Phi) is 6.33. The molecule has 1 aromatic heterocycles. The third kappa shape index (κ3) is 4.78.